The van der Waals surface area contributed by atoms with E-state index < -0.39 is 0 Å². The molecular weight excluding hydrogens is 270 g/mol. The number of nitrogens with one attached hydrogen (secondary N) is 2. The summed E-state index contributed by atoms with van der Waals surface area (Å²) in [6, 6.07) is 26.5. The van der Waals surface area contributed by atoms with Crippen LogP contribution in [0.15, 0.2) is 78.9 Å². The van der Waals surface area contributed by atoms with E-state index in [9.17, 15) is 0 Å². The molecule has 1 aromatic heterocycles. The molecule has 0 radical (unpaired) electrons. The molecule has 1 heterocycles. The smallest absolute Gasteiger partial charge is 0.153 e. The molecule has 0 spiro atoms. The van der Waals surface area contributed by atoms with Crippen molar-refractivity contribution in [3.8, 4) is 0 Å². The minimum atomic E-state index is 0.832. The summed E-state index contributed by atoms with van der Waals surface area (Å²) in [5, 5.41) is 3.47. The van der Waals surface area contributed by atoms with Crippen molar-refractivity contribution in [3.05, 3.63) is 78.9 Å². The summed E-state index contributed by atoms with van der Waals surface area (Å²) in [6.07, 6.45) is 0. The lowest BCUT2D eigenvalue weighted by molar-refractivity contribution is 1.33. The van der Waals surface area contributed by atoms with E-state index in [1.54, 1.807) is 0 Å². The Hall–Kier alpha value is -3.07. The largest absolute Gasteiger partial charge is 0.300 e. The van der Waals surface area contributed by atoms with Gasteiger partial charge in [-0.3, -0.25) is 10.9 Å². The van der Waals surface area contributed by atoms with Gasteiger partial charge >= 0.3 is 0 Å². The van der Waals surface area contributed by atoms with E-state index in [4.69, 9.17) is 4.98 Å². The van der Waals surface area contributed by atoms with Crippen LogP contribution in [-0.2, 0) is 0 Å². The maximum Gasteiger partial charge on any atom is 0.153 e. The number of rotatable bonds is 3. The third kappa shape index (κ3) is 2.23. The fraction of sp³-hybridized carbons (Fsp3) is 0. The summed E-state index contributed by atoms with van der Waals surface area (Å²) in [4.78, 5) is 4.74. The van der Waals surface area contributed by atoms with E-state index in [-0.39, 0.29) is 0 Å². The number of anilines is 2. The number of hydrazine groups is 1. The first-order valence-corrected chi connectivity index (χ1v) is 7.26. The van der Waals surface area contributed by atoms with Gasteiger partial charge in [-0.15, -0.1) is 0 Å². The maximum absolute atomic E-state index is 4.74. The van der Waals surface area contributed by atoms with Crippen LogP contribution in [0, 0.1) is 0 Å². The predicted molar refractivity (Wildman–Crippen MR) is 92.9 cm³/mol. The zero-order chi connectivity index (χ0) is 14.8. The Morgan fingerprint density at radius 3 is 2.00 bits per heavy atom. The number of benzene rings is 3. The maximum atomic E-state index is 4.74. The lowest BCUT2D eigenvalue weighted by atomic mass is 10.1. The van der Waals surface area contributed by atoms with Gasteiger partial charge in [-0.1, -0.05) is 60.7 Å². The first-order chi connectivity index (χ1) is 10.9. The number of pyridine rings is 1. The first-order valence-electron chi connectivity index (χ1n) is 7.26. The molecular formula is C19H15N3. The number of aromatic nitrogens is 1. The van der Waals surface area contributed by atoms with Crippen molar-refractivity contribution in [3.63, 3.8) is 0 Å². The molecule has 0 bridgehead atoms. The molecule has 106 valence electrons. The summed E-state index contributed by atoms with van der Waals surface area (Å²) in [5.74, 6) is 0.832. The second kappa shape index (κ2) is 5.37. The van der Waals surface area contributed by atoms with Gasteiger partial charge in [-0.25, -0.2) is 4.98 Å². The molecule has 0 saturated heterocycles. The van der Waals surface area contributed by atoms with Crippen molar-refractivity contribution in [2.45, 2.75) is 0 Å². The van der Waals surface area contributed by atoms with Crippen molar-refractivity contribution >= 4 is 33.2 Å². The molecule has 0 amide bonds. The van der Waals surface area contributed by atoms with E-state index in [0.29, 0.717) is 0 Å². The lowest BCUT2D eigenvalue weighted by Gasteiger charge is -2.13. The summed E-state index contributed by atoms with van der Waals surface area (Å²) in [5.41, 5.74) is 8.43. The summed E-state index contributed by atoms with van der Waals surface area (Å²) >= 11 is 0. The van der Waals surface area contributed by atoms with Gasteiger partial charge in [0.05, 0.1) is 11.2 Å². The molecule has 0 unspecified atom stereocenters. The second-order valence-corrected chi connectivity index (χ2v) is 5.14. The Bertz CT molecular complexity index is 933. The van der Waals surface area contributed by atoms with Crippen LogP contribution in [0.5, 0.6) is 0 Å². The average Bonchev–Trinajstić information content (AvgIpc) is 2.60. The van der Waals surface area contributed by atoms with Gasteiger partial charge in [0.15, 0.2) is 5.82 Å². The monoisotopic (exact) mass is 285 g/mol. The molecule has 0 saturated carbocycles. The molecule has 4 aromatic rings. The van der Waals surface area contributed by atoms with Crippen LogP contribution in [-0.4, -0.2) is 4.98 Å². The molecule has 3 heteroatoms. The Labute approximate surface area is 128 Å². The van der Waals surface area contributed by atoms with Crippen LogP contribution >= 0.6 is 0 Å². The Morgan fingerprint density at radius 1 is 0.545 bits per heavy atom. The molecule has 0 aliphatic heterocycles. The van der Waals surface area contributed by atoms with E-state index in [1.807, 2.05) is 54.6 Å². The van der Waals surface area contributed by atoms with E-state index in [2.05, 4.69) is 35.1 Å². The van der Waals surface area contributed by atoms with E-state index in [1.165, 1.54) is 10.8 Å². The van der Waals surface area contributed by atoms with Gasteiger partial charge in [-0.2, -0.15) is 0 Å². The van der Waals surface area contributed by atoms with Gasteiger partial charge in [-0.05, 0) is 23.6 Å². The predicted octanol–water partition coefficient (Wildman–Crippen LogP) is 4.83. The van der Waals surface area contributed by atoms with Crippen molar-refractivity contribution < 1.29 is 0 Å². The Kier molecular flexibility index (Phi) is 3.09. The van der Waals surface area contributed by atoms with Crippen LogP contribution in [0.25, 0.3) is 21.7 Å². The van der Waals surface area contributed by atoms with Crippen molar-refractivity contribution in [1.29, 1.82) is 0 Å². The zero-order valence-electron chi connectivity index (χ0n) is 12.0. The number of hydrogen-bond donors (Lipinski definition) is 2. The van der Waals surface area contributed by atoms with Crippen molar-refractivity contribution in [2.75, 3.05) is 10.9 Å². The van der Waals surface area contributed by atoms with Crippen molar-refractivity contribution in [1.82, 2.24) is 4.98 Å². The lowest BCUT2D eigenvalue weighted by Crippen LogP contribution is -2.10. The normalized spacial score (nSPS) is 10.7. The minimum absolute atomic E-state index is 0.832. The average molecular weight is 285 g/mol. The van der Waals surface area contributed by atoms with Gasteiger partial charge in [0.1, 0.15) is 0 Å². The number of para-hydroxylation sites is 2. The summed E-state index contributed by atoms with van der Waals surface area (Å²) < 4.78 is 0. The third-order valence-corrected chi connectivity index (χ3v) is 3.71. The van der Waals surface area contributed by atoms with Crippen LogP contribution in [0.4, 0.5) is 11.5 Å². The fourth-order valence-corrected chi connectivity index (χ4v) is 2.65. The molecule has 0 atom stereocenters. The number of fused-ring (bicyclic) bond motifs is 3. The highest BCUT2D eigenvalue weighted by Crippen LogP contribution is 2.28. The van der Waals surface area contributed by atoms with Crippen molar-refractivity contribution in [2.24, 2.45) is 0 Å². The van der Waals surface area contributed by atoms with E-state index in [0.717, 1.165) is 22.4 Å². The van der Waals surface area contributed by atoms with Crippen LogP contribution in [0.2, 0.25) is 0 Å². The summed E-state index contributed by atoms with van der Waals surface area (Å²) in [6.45, 7) is 0. The highest BCUT2D eigenvalue weighted by molar-refractivity contribution is 6.10. The number of nitrogens with zero attached hydrogens (tertiary/aromatic N) is 1. The van der Waals surface area contributed by atoms with Gasteiger partial charge < -0.3 is 0 Å². The Morgan fingerprint density at radius 2 is 1.18 bits per heavy atom. The zero-order valence-corrected chi connectivity index (χ0v) is 12.0. The molecule has 4 rings (SSSR count). The fourth-order valence-electron chi connectivity index (χ4n) is 2.65. The highest BCUT2D eigenvalue weighted by atomic mass is 15.4. The third-order valence-electron chi connectivity index (χ3n) is 3.71. The van der Waals surface area contributed by atoms with Gasteiger partial charge in [0.25, 0.3) is 0 Å². The molecule has 0 aliphatic rings. The van der Waals surface area contributed by atoms with Gasteiger partial charge in [0.2, 0.25) is 0 Å². The molecule has 0 fully saturated rings. The highest BCUT2D eigenvalue weighted by Gasteiger charge is 2.07. The molecule has 2 N–H and O–H groups in total. The van der Waals surface area contributed by atoms with Crippen LogP contribution < -0.4 is 10.9 Å². The van der Waals surface area contributed by atoms with Crippen LogP contribution in [0.1, 0.15) is 0 Å². The SMILES string of the molecule is c1ccc(NNc2nc3ccccc3c3ccccc23)cc1. The molecule has 0 aliphatic carbocycles. The topological polar surface area (TPSA) is 37.0 Å². The minimum Gasteiger partial charge on any atom is -0.300 e. The molecule has 3 aromatic carbocycles. The summed E-state index contributed by atoms with van der Waals surface area (Å²) in [7, 11) is 0. The Balaban J connectivity index is 1.81. The molecule has 3 nitrogen and oxygen atoms in total. The number of hydrogen-bond acceptors (Lipinski definition) is 3. The van der Waals surface area contributed by atoms with Gasteiger partial charge in [0, 0.05) is 10.8 Å². The standard InChI is InChI=1S/C19H15N3/c1-2-8-14(9-3-1)21-22-19-17-12-5-4-10-15(17)16-11-6-7-13-18(16)20-19/h1-13,21H,(H,20,22). The molecule has 22 heavy (non-hydrogen) atoms. The van der Waals surface area contributed by atoms with Crippen LogP contribution in [0.3, 0.4) is 0 Å². The quantitative estimate of drug-likeness (QED) is 0.418. The van der Waals surface area contributed by atoms with E-state index >= 15 is 0 Å². The first kappa shape index (κ1) is 12.7. The second-order valence-electron chi connectivity index (χ2n) is 5.14.